The van der Waals surface area contributed by atoms with E-state index in [-0.39, 0.29) is 6.61 Å². The smallest absolute Gasteiger partial charge is 0.119 e. The highest BCUT2D eigenvalue weighted by Crippen LogP contribution is 2.22. The van der Waals surface area contributed by atoms with E-state index in [0.717, 1.165) is 10.9 Å². The molecule has 1 aromatic carbocycles. The van der Waals surface area contributed by atoms with E-state index in [1.165, 1.54) is 0 Å². The Bertz CT molecular complexity index is 450. The maximum atomic E-state index is 9.59. The van der Waals surface area contributed by atoms with Gasteiger partial charge in [-0.05, 0) is 6.07 Å². The van der Waals surface area contributed by atoms with Crippen molar-refractivity contribution in [3.05, 3.63) is 30.0 Å². The average molecular weight is 192 g/mol. The van der Waals surface area contributed by atoms with Gasteiger partial charge in [0.2, 0.25) is 0 Å². The van der Waals surface area contributed by atoms with Crippen LogP contribution in [0.15, 0.2) is 24.3 Å². The van der Waals surface area contributed by atoms with Gasteiger partial charge < -0.3 is 10.2 Å². The maximum Gasteiger partial charge on any atom is 0.119 e. The Kier molecular flexibility index (Phi) is 2.23. The zero-order valence-corrected chi connectivity index (χ0v) is 7.88. The second-order valence-corrected chi connectivity index (χ2v) is 3.22. The standard InChI is InChI=1S/C10H12N2O2/c1-12-10(9(14)6-13)7-4-2-3-5-8(7)11-12/h2-5,9,13-14H,6H2,1H3. The molecule has 4 heteroatoms. The molecule has 0 aliphatic carbocycles. The minimum absolute atomic E-state index is 0.288. The second kappa shape index (κ2) is 3.40. The molecule has 0 saturated carbocycles. The predicted octanol–water partition coefficient (Wildman–Crippen LogP) is 0.599. The molecule has 0 fully saturated rings. The summed E-state index contributed by atoms with van der Waals surface area (Å²) in [5.74, 6) is 0. The van der Waals surface area contributed by atoms with Crippen molar-refractivity contribution in [2.75, 3.05) is 6.61 Å². The highest BCUT2D eigenvalue weighted by molar-refractivity contribution is 5.81. The van der Waals surface area contributed by atoms with Crippen molar-refractivity contribution in [2.24, 2.45) is 7.05 Å². The maximum absolute atomic E-state index is 9.59. The number of fused-ring (bicyclic) bond motifs is 1. The third kappa shape index (κ3) is 1.29. The Morgan fingerprint density at radius 1 is 1.43 bits per heavy atom. The summed E-state index contributed by atoms with van der Waals surface area (Å²) in [6.45, 7) is -0.288. The molecule has 4 nitrogen and oxygen atoms in total. The number of hydrogen-bond donors (Lipinski definition) is 2. The predicted molar refractivity (Wildman–Crippen MR) is 52.8 cm³/mol. The number of aliphatic hydroxyl groups excluding tert-OH is 2. The quantitative estimate of drug-likeness (QED) is 0.732. The number of aryl methyl sites for hydroxylation is 1. The molecule has 1 aromatic heterocycles. The minimum atomic E-state index is -0.868. The van der Waals surface area contributed by atoms with Crippen molar-refractivity contribution in [1.82, 2.24) is 9.78 Å². The monoisotopic (exact) mass is 192 g/mol. The van der Waals surface area contributed by atoms with Crippen LogP contribution in [-0.4, -0.2) is 26.6 Å². The Hall–Kier alpha value is -1.39. The number of aromatic nitrogens is 2. The molecule has 74 valence electrons. The van der Waals surface area contributed by atoms with E-state index in [1.54, 1.807) is 11.7 Å². The lowest BCUT2D eigenvalue weighted by Gasteiger charge is -2.07. The number of hydrogen-bond acceptors (Lipinski definition) is 3. The molecule has 1 heterocycles. The number of nitrogens with zero attached hydrogens (tertiary/aromatic N) is 2. The SMILES string of the molecule is Cn1nc2ccccc2c1C(O)CO. The van der Waals surface area contributed by atoms with Gasteiger partial charge in [0, 0.05) is 12.4 Å². The van der Waals surface area contributed by atoms with E-state index in [9.17, 15) is 5.11 Å². The van der Waals surface area contributed by atoms with Gasteiger partial charge in [0.25, 0.3) is 0 Å². The van der Waals surface area contributed by atoms with Gasteiger partial charge in [-0.2, -0.15) is 5.10 Å². The first-order valence-electron chi connectivity index (χ1n) is 4.44. The van der Waals surface area contributed by atoms with Gasteiger partial charge in [-0.25, -0.2) is 0 Å². The molecule has 1 unspecified atom stereocenters. The Morgan fingerprint density at radius 2 is 2.14 bits per heavy atom. The van der Waals surface area contributed by atoms with Gasteiger partial charge in [-0.3, -0.25) is 4.68 Å². The Balaban J connectivity index is 2.67. The van der Waals surface area contributed by atoms with Crippen LogP contribution in [0.2, 0.25) is 0 Å². The number of aliphatic hydroxyl groups is 2. The van der Waals surface area contributed by atoms with E-state index < -0.39 is 6.10 Å². The summed E-state index contributed by atoms with van der Waals surface area (Å²) in [5, 5.41) is 23.6. The van der Waals surface area contributed by atoms with Crippen molar-refractivity contribution in [3.63, 3.8) is 0 Å². The molecule has 0 saturated heterocycles. The van der Waals surface area contributed by atoms with Crippen LogP contribution in [0.4, 0.5) is 0 Å². The molecule has 0 aliphatic heterocycles. The zero-order chi connectivity index (χ0) is 10.1. The van der Waals surface area contributed by atoms with Crippen LogP contribution in [0.3, 0.4) is 0 Å². The summed E-state index contributed by atoms with van der Waals surface area (Å²) in [4.78, 5) is 0. The average Bonchev–Trinajstić information content (AvgIpc) is 2.53. The third-order valence-corrected chi connectivity index (χ3v) is 2.27. The first-order valence-corrected chi connectivity index (χ1v) is 4.44. The van der Waals surface area contributed by atoms with Crippen LogP contribution in [-0.2, 0) is 7.05 Å². The van der Waals surface area contributed by atoms with Crippen LogP contribution in [0.1, 0.15) is 11.8 Å². The van der Waals surface area contributed by atoms with Crippen molar-refractivity contribution in [1.29, 1.82) is 0 Å². The number of rotatable bonds is 2. The Labute approximate surface area is 81.4 Å². The highest BCUT2D eigenvalue weighted by atomic mass is 16.3. The molecule has 0 amide bonds. The molecule has 2 rings (SSSR count). The lowest BCUT2D eigenvalue weighted by atomic mass is 10.1. The van der Waals surface area contributed by atoms with Crippen LogP contribution >= 0.6 is 0 Å². The molecule has 0 bridgehead atoms. The van der Waals surface area contributed by atoms with Crippen LogP contribution in [0.25, 0.3) is 10.9 Å². The Morgan fingerprint density at radius 3 is 2.86 bits per heavy atom. The fourth-order valence-corrected chi connectivity index (χ4v) is 1.65. The molecule has 1 atom stereocenters. The summed E-state index contributed by atoms with van der Waals surface area (Å²) in [5.41, 5.74) is 1.49. The molecular weight excluding hydrogens is 180 g/mol. The highest BCUT2D eigenvalue weighted by Gasteiger charge is 2.15. The third-order valence-electron chi connectivity index (χ3n) is 2.27. The summed E-state index contributed by atoms with van der Waals surface area (Å²) in [6, 6.07) is 7.54. The van der Waals surface area contributed by atoms with E-state index in [4.69, 9.17) is 5.11 Å². The van der Waals surface area contributed by atoms with E-state index in [0.29, 0.717) is 5.69 Å². The zero-order valence-electron chi connectivity index (χ0n) is 7.88. The molecule has 0 radical (unpaired) electrons. The van der Waals surface area contributed by atoms with Crippen LogP contribution < -0.4 is 0 Å². The van der Waals surface area contributed by atoms with Gasteiger partial charge in [-0.1, -0.05) is 18.2 Å². The first kappa shape index (κ1) is 9.18. The summed E-state index contributed by atoms with van der Waals surface area (Å²) in [6.07, 6.45) is -0.868. The molecular formula is C10H12N2O2. The fourth-order valence-electron chi connectivity index (χ4n) is 1.65. The largest absolute Gasteiger partial charge is 0.393 e. The van der Waals surface area contributed by atoms with Gasteiger partial charge in [0.15, 0.2) is 0 Å². The lowest BCUT2D eigenvalue weighted by Crippen LogP contribution is -2.08. The number of benzene rings is 1. The van der Waals surface area contributed by atoms with E-state index in [2.05, 4.69) is 5.10 Å². The molecule has 14 heavy (non-hydrogen) atoms. The fraction of sp³-hybridized carbons (Fsp3) is 0.300. The van der Waals surface area contributed by atoms with Crippen LogP contribution in [0, 0.1) is 0 Å². The van der Waals surface area contributed by atoms with E-state index >= 15 is 0 Å². The van der Waals surface area contributed by atoms with Crippen LogP contribution in [0.5, 0.6) is 0 Å². The van der Waals surface area contributed by atoms with Gasteiger partial charge >= 0.3 is 0 Å². The molecule has 2 N–H and O–H groups in total. The summed E-state index contributed by atoms with van der Waals surface area (Å²) in [7, 11) is 1.76. The van der Waals surface area contributed by atoms with Crippen molar-refractivity contribution < 1.29 is 10.2 Å². The van der Waals surface area contributed by atoms with Gasteiger partial charge in [0.1, 0.15) is 6.10 Å². The molecule has 0 spiro atoms. The second-order valence-electron chi connectivity index (χ2n) is 3.22. The summed E-state index contributed by atoms with van der Waals surface area (Å²) < 4.78 is 1.60. The topological polar surface area (TPSA) is 58.3 Å². The van der Waals surface area contributed by atoms with E-state index in [1.807, 2.05) is 24.3 Å². The molecule has 2 aromatic rings. The molecule has 0 aliphatic rings. The summed E-state index contributed by atoms with van der Waals surface area (Å²) >= 11 is 0. The van der Waals surface area contributed by atoms with Crippen molar-refractivity contribution in [2.45, 2.75) is 6.10 Å². The van der Waals surface area contributed by atoms with Gasteiger partial charge in [0.05, 0.1) is 17.8 Å². The normalized spacial score (nSPS) is 13.4. The lowest BCUT2D eigenvalue weighted by molar-refractivity contribution is 0.0902. The first-order chi connectivity index (χ1) is 6.74. The van der Waals surface area contributed by atoms with Gasteiger partial charge in [-0.15, -0.1) is 0 Å². The van der Waals surface area contributed by atoms with Crippen molar-refractivity contribution in [3.8, 4) is 0 Å². The van der Waals surface area contributed by atoms with Crippen molar-refractivity contribution >= 4 is 10.9 Å². The minimum Gasteiger partial charge on any atom is -0.393 e.